The van der Waals surface area contributed by atoms with Crippen molar-refractivity contribution >= 4 is 12.0 Å². The molecule has 0 spiro atoms. The van der Waals surface area contributed by atoms with E-state index in [0.717, 1.165) is 13.0 Å². The topological polar surface area (TPSA) is 60.9 Å². The van der Waals surface area contributed by atoms with Crippen LogP contribution in [-0.4, -0.2) is 53.1 Å². The van der Waals surface area contributed by atoms with Crippen molar-refractivity contribution in [1.82, 2.24) is 9.80 Å². The molecular weight excluding hydrogens is 268 g/mol. The fourth-order valence-electron chi connectivity index (χ4n) is 3.02. The monoisotopic (exact) mass is 294 g/mol. The maximum absolute atomic E-state index is 12.5. The molecule has 0 aliphatic carbocycles. The second-order valence-electron chi connectivity index (χ2n) is 7.50. The Balaban J connectivity index is 1.98. The molecule has 1 atom stereocenters. The minimum Gasteiger partial charge on any atom is -0.481 e. The van der Waals surface area contributed by atoms with Gasteiger partial charge in [0, 0.05) is 26.2 Å². The van der Waals surface area contributed by atoms with Gasteiger partial charge in [0.2, 0.25) is 0 Å². The quantitative estimate of drug-likeness (QED) is 0.756. The predicted molar refractivity (Wildman–Crippen MR) is 81.1 cm³/mol. The summed E-state index contributed by atoms with van der Waals surface area (Å²) in [6.07, 6.45) is 3.58. The third-order valence-electron chi connectivity index (χ3n) is 4.70. The predicted octanol–water partition coefficient (Wildman–Crippen LogP) is 2.58. The van der Waals surface area contributed by atoms with Crippen LogP contribution in [0, 0.1) is 10.8 Å². The van der Waals surface area contributed by atoms with E-state index in [1.165, 1.54) is 5.57 Å². The van der Waals surface area contributed by atoms with E-state index >= 15 is 0 Å². The molecule has 0 aromatic carbocycles. The Labute approximate surface area is 126 Å². The zero-order valence-electron chi connectivity index (χ0n) is 13.5. The molecule has 5 heteroatoms. The number of nitrogens with zero attached hydrogens (tertiary/aromatic N) is 2. The summed E-state index contributed by atoms with van der Waals surface area (Å²) in [4.78, 5) is 27.3. The number of carboxylic acid groups (broad SMARTS) is 1. The lowest BCUT2D eigenvalue weighted by Gasteiger charge is -2.34. The first kappa shape index (κ1) is 15.9. The van der Waals surface area contributed by atoms with Gasteiger partial charge in [-0.1, -0.05) is 32.4 Å². The molecule has 118 valence electrons. The Morgan fingerprint density at radius 2 is 1.90 bits per heavy atom. The number of hydrogen-bond donors (Lipinski definition) is 1. The highest BCUT2D eigenvalue weighted by Gasteiger charge is 2.43. The zero-order valence-corrected chi connectivity index (χ0v) is 13.5. The Hall–Kier alpha value is -1.52. The minimum atomic E-state index is -0.814. The van der Waals surface area contributed by atoms with E-state index in [-0.39, 0.29) is 11.4 Å². The SMILES string of the molecule is CC(C)(C)C1=CCN(C(=O)N2CCC(C)(C(=O)O)C2)CC1. The molecule has 0 aromatic heterocycles. The summed E-state index contributed by atoms with van der Waals surface area (Å²) < 4.78 is 0. The van der Waals surface area contributed by atoms with E-state index in [4.69, 9.17) is 0 Å². The molecule has 21 heavy (non-hydrogen) atoms. The van der Waals surface area contributed by atoms with Gasteiger partial charge in [0.15, 0.2) is 0 Å². The highest BCUT2D eigenvalue weighted by atomic mass is 16.4. The number of aliphatic carboxylic acids is 1. The molecule has 2 heterocycles. The van der Waals surface area contributed by atoms with Crippen LogP contribution in [-0.2, 0) is 4.79 Å². The molecule has 0 saturated carbocycles. The van der Waals surface area contributed by atoms with Crippen molar-refractivity contribution in [3.8, 4) is 0 Å². The summed E-state index contributed by atoms with van der Waals surface area (Å²) in [5, 5.41) is 9.25. The lowest BCUT2D eigenvalue weighted by Crippen LogP contribution is -2.45. The van der Waals surface area contributed by atoms with Crippen molar-refractivity contribution < 1.29 is 14.7 Å². The Morgan fingerprint density at radius 3 is 2.33 bits per heavy atom. The molecule has 1 N–H and O–H groups in total. The van der Waals surface area contributed by atoms with E-state index in [2.05, 4.69) is 26.8 Å². The van der Waals surface area contributed by atoms with Crippen molar-refractivity contribution in [1.29, 1.82) is 0 Å². The van der Waals surface area contributed by atoms with Crippen LogP contribution in [0.15, 0.2) is 11.6 Å². The maximum Gasteiger partial charge on any atom is 0.320 e. The summed E-state index contributed by atoms with van der Waals surface area (Å²) in [7, 11) is 0. The van der Waals surface area contributed by atoms with Gasteiger partial charge in [-0.05, 0) is 25.2 Å². The summed E-state index contributed by atoms with van der Waals surface area (Å²) in [5.41, 5.74) is 0.756. The highest BCUT2D eigenvalue weighted by Crippen LogP contribution is 2.33. The summed E-state index contributed by atoms with van der Waals surface area (Å²) in [6, 6.07) is -0.0239. The largest absolute Gasteiger partial charge is 0.481 e. The van der Waals surface area contributed by atoms with Gasteiger partial charge in [0.1, 0.15) is 0 Å². The van der Waals surface area contributed by atoms with Crippen molar-refractivity contribution in [2.75, 3.05) is 26.2 Å². The second kappa shape index (κ2) is 5.35. The van der Waals surface area contributed by atoms with Crippen LogP contribution < -0.4 is 0 Å². The average molecular weight is 294 g/mol. The van der Waals surface area contributed by atoms with Gasteiger partial charge in [-0.25, -0.2) is 4.79 Å². The van der Waals surface area contributed by atoms with E-state index in [9.17, 15) is 14.7 Å². The zero-order chi connectivity index (χ0) is 15.8. The molecule has 0 radical (unpaired) electrons. The fraction of sp³-hybridized carbons (Fsp3) is 0.750. The van der Waals surface area contributed by atoms with Crippen molar-refractivity contribution in [3.63, 3.8) is 0 Å². The summed E-state index contributed by atoms with van der Waals surface area (Å²) in [6.45, 7) is 10.5. The van der Waals surface area contributed by atoms with Gasteiger partial charge < -0.3 is 14.9 Å². The molecule has 0 bridgehead atoms. The van der Waals surface area contributed by atoms with Crippen molar-refractivity contribution in [2.45, 2.75) is 40.5 Å². The van der Waals surface area contributed by atoms with Gasteiger partial charge in [-0.15, -0.1) is 0 Å². The molecule has 2 aliphatic heterocycles. The maximum atomic E-state index is 12.5. The molecule has 0 aromatic rings. The summed E-state index contributed by atoms with van der Waals surface area (Å²) in [5.74, 6) is -0.814. The number of hydrogen-bond acceptors (Lipinski definition) is 2. The van der Waals surface area contributed by atoms with Crippen molar-refractivity contribution in [2.24, 2.45) is 10.8 Å². The van der Waals surface area contributed by atoms with E-state index in [1.54, 1.807) is 11.8 Å². The van der Waals surface area contributed by atoms with Crippen molar-refractivity contribution in [3.05, 3.63) is 11.6 Å². The van der Waals surface area contributed by atoms with Crippen LogP contribution in [0.5, 0.6) is 0 Å². The molecular formula is C16H26N2O3. The van der Waals surface area contributed by atoms with Gasteiger partial charge in [0.25, 0.3) is 0 Å². The van der Waals surface area contributed by atoms with E-state index in [1.807, 2.05) is 4.90 Å². The lowest BCUT2D eigenvalue weighted by atomic mass is 9.83. The highest BCUT2D eigenvalue weighted by molar-refractivity contribution is 5.79. The molecule has 5 nitrogen and oxygen atoms in total. The van der Waals surface area contributed by atoms with Gasteiger partial charge in [-0.3, -0.25) is 4.79 Å². The smallest absolute Gasteiger partial charge is 0.320 e. The number of carbonyl (C=O) groups excluding carboxylic acids is 1. The molecule has 1 unspecified atom stereocenters. The minimum absolute atomic E-state index is 0.0239. The van der Waals surface area contributed by atoms with Crippen LogP contribution >= 0.6 is 0 Å². The first-order valence-electron chi connectivity index (χ1n) is 7.60. The van der Waals surface area contributed by atoms with Gasteiger partial charge in [0.05, 0.1) is 5.41 Å². The number of likely N-dealkylation sites (tertiary alicyclic amines) is 1. The molecule has 2 aliphatic rings. The molecule has 2 amide bonds. The van der Waals surface area contributed by atoms with E-state index < -0.39 is 11.4 Å². The Bertz CT molecular complexity index is 478. The fourth-order valence-corrected chi connectivity index (χ4v) is 3.02. The standard InChI is InChI=1S/C16H26N2O3/c1-15(2,3)12-5-8-17(9-6-12)14(21)18-10-7-16(4,11-18)13(19)20/h5H,6-11H2,1-4H3,(H,19,20). The van der Waals surface area contributed by atoms with Crippen LogP contribution in [0.2, 0.25) is 0 Å². The van der Waals surface area contributed by atoms with Crippen LogP contribution in [0.4, 0.5) is 4.79 Å². The molecule has 1 saturated heterocycles. The van der Waals surface area contributed by atoms with Crippen LogP contribution in [0.1, 0.15) is 40.5 Å². The van der Waals surface area contributed by atoms with Gasteiger partial charge >= 0.3 is 12.0 Å². The summed E-state index contributed by atoms with van der Waals surface area (Å²) >= 11 is 0. The molecule has 2 rings (SSSR count). The first-order valence-corrected chi connectivity index (χ1v) is 7.60. The lowest BCUT2D eigenvalue weighted by molar-refractivity contribution is -0.147. The second-order valence-corrected chi connectivity index (χ2v) is 7.50. The van der Waals surface area contributed by atoms with E-state index in [0.29, 0.717) is 26.1 Å². The third-order valence-corrected chi connectivity index (χ3v) is 4.70. The van der Waals surface area contributed by atoms with Crippen LogP contribution in [0.25, 0.3) is 0 Å². The van der Waals surface area contributed by atoms with Crippen LogP contribution in [0.3, 0.4) is 0 Å². The number of urea groups is 1. The van der Waals surface area contributed by atoms with Gasteiger partial charge in [-0.2, -0.15) is 0 Å². The first-order chi connectivity index (χ1) is 9.63. The Kier molecular flexibility index (Phi) is 4.04. The number of rotatable bonds is 1. The normalized spacial score (nSPS) is 26.8. The number of carbonyl (C=O) groups is 2. The molecule has 1 fully saturated rings. The number of amides is 2. The Morgan fingerprint density at radius 1 is 1.24 bits per heavy atom. The average Bonchev–Trinajstić information content (AvgIpc) is 2.81. The number of carboxylic acids is 1. The third kappa shape index (κ3) is 3.22.